The quantitative estimate of drug-likeness (QED) is 0.592. The lowest BCUT2D eigenvalue weighted by molar-refractivity contribution is -0.115. The van der Waals surface area contributed by atoms with E-state index in [0.29, 0.717) is 0 Å². The zero-order chi connectivity index (χ0) is 12.1. The van der Waals surface area contributed by atoms with Crippen molar-refractivity contribution in [2.45, 2.75) is 6.42 Å². The van der Waals surface area contributed by atoms with Crippen LogP contribution in [0, 0.1) is 17.1 Å². The van der Waals surface area contributed by atoms with Gasteiger partial charge in [0.25, 0.3) is 0 Å². The van der Waals surface area contributed by atoms with E-state index < -0.39 is 18.8 Å². The van der Waals surface area contributed by atoms with E-state index in [1.807, 2.05) is 0 Å². The molecule has 16 heavy (non-hydrogen) atoms. The number of nitrogens with zero attached hydrogens (tertiary/aromatic N) is 1. The standard InChI is InChI=1S/C9H8BFN2O3/c11-7-3-6(10(15)16)4-8(5-7)13-9(14)1-2-12/h3-5,15-16H,1H2,(H,13,14). The minimum absolute atomic E-state index is 0.0725. The Kier molecular flexibility index (Phi) is 3.99. The Morgan fingerprint density at radius 3 is 2.75 bits per heavy atom. The molecule has 0 aliphatic heterocycles. The van der Waals surface area contributed by atoms with Gasteiger partial charge in [-0.1, -0.05) is 0 Å². The summed E-state index contributed by atoms with van der Waals surface area (Å²) in [5.74, 6) is -1.30. The van der Waals surface area contributed by atoms with Crippen LogP contribution in [0.15, 0.2) is 18.2 Å². The van der Waals surface area contributed by atoms with Crippen LogP contribution in [-0.4, -0.2) is 23.1 Å². The first-order valence-corrected chi connectivity index (χ1v) is 4.36. The molecule has 1 aromatic rings. The van der Waals surface area contributed by atoms with E-state index in [-0.39, 0.29) is 17.6 Å². The van der Waals surface area contributed by atoms with E-state index in [1.54, 1.807) is 6.07 Å². The number of carbonyl (C=O) groups excluding carboxylic acids is 1. The Bertz CT molecular complexity index is 445. The second-order valence-corrected chi connectivity index (χ2v) is 3.03. The van der Waals surface area contributed by atoms with Crippen molar-refractivity contribution in [1.29, 1.82) is 5.26 Å². The highest BCUT2D eigenvalue weighted by molar-refractivity contribution is 6.58. The summed E-state index contributed by atoms with van der Waals surface area (Å²) in [5.41, 5.74) is -0.00407. The molecule has 0 atom stereocenters. The molecule has 0 bridgehead atoms. The Morgan fingerprint density at radius 1 is 1.50 bits per heavy atom. The van der Waals surface area contributed by atoms with Crippen molar-refractivity contribution in [2.24, 2.45) is 0 Å². The smallest absolute Gasteiger partial charge is 0.423 e. The van der Waals surface area contributed by atoms with Gasteiger partial charge in [0.2, 0.25) is 5.91 Å². The Balaban J connectivity index is 2.89. The zero-order valence-electron chi connectivity index (χ0n) is 8.14. The summed E-state index contributed by atoms with van der Waals surface area (Å²) in [7, 11) is -1.82. The van der Waals surface area contributed by atoms with E-state index in [0.717, 1.165) is 12.1 Å². The maximum atomic E-state index is 13.0. The van der Waals surface area contributed by atoms with Crippen LogP contribution in [0.1, 0.15) is 6.42 Å². The number of hydrogen-bond donors (Lipinski definition) is 3. The molecule has 0 radical (unpaired) electrons. The molecule has 0 aliphatic rings. The number of nitriles is 1. The van der Waals surface area contributed by atoms with Crippen molar-refractivity contribution in [1.82, 2.24) is 0 Å². The summed E-state index contributed by atoms with van der Waals surface area (Å²) in [5, 5.41) is 28.2. The fourth-order valence-corrected chi connectivity index (χ4v) is 1.11. The zero-order valence-corrected chi connectivity index (χ0v) is 8.14. The third-order valence-electron chi connectivity index (χ3n) is 1.74. The van der Waals surface area contributed by atoms with Crippen LogP contribution < -0.4 is 10.8 Å². The van der Waals surface area contributed by atoms with Gasteiger partial charge in [0.15, 0.2) is 0 Å². The van der Waals surface area contributed by atoms with Crippen LogP contribution in [0.25, 0.3) is 0 Å². The molecule has 0 saturated heterocycles. The SMILES string of the molecule is N#CCC(=O)Nc1cc(F)cc(B(O)O)c1. The molecular weight excluding hydrogens is 214 g/mol. The third kappa shape index (κ3) is 3.35. The second kappa shape index (κ2) is 5.25. The molecule has 0 saturated carbocycles. The summed E-state index contributed by atoms with van der Waals surface area (Å²) in [6.45, 7) is 0. The van der Waals surface area contributed by atoms with Crippen LogP contribution in [0.5, 0.6) is 0 Å². The third-order valence-corrected chi connectivity index (χ3v) is 1.74. The number of nitrogens with one attached hydrogen (secondary N) is 1. The van der Waals surface area contributed by atoms with Crippen molar-refractivity contribution < 1.29 is 19.2 Å². The normalized spacial score (nSPS) is 9.38. The number of rotatable bonds is 3. The molecule has 0 spiro atoms. The lowest BCUT2D eigenvalue weighted by Gasteiger charge is -2.06. The van der Waals surface area contributed by atoms with Gasteiger partial charge in [-0.05, 0) is 23.7 Å². The van der Waals surface area contributed by atoms with E-state index in [2.05, 4.69) is 5.32 Å². The van der Waals surface area contributed by atoms with Crippen molar-refractivity contribution >= 4 is 24.2 Å². The average Bonchev–Trinajstić information content (AvgIpc) is 2.16. The molecule has 0 aliphatic carbocycles. The van der Waals surface area contributed by atoms with E-state index in [4.69, 9.17) is 15.3 Å². The number of hydrogen-bond acceptors (Lipinski definition) is 4. The van der Waals surface area contributed by atoms with Gasteiger partial charge < -0.3 is 15.4 Å². The second-order valence-electron chi connectivity index (χ2n) is 3.03. The van der Waals surface area contributed by atoms with E-state index in [1.165, 1.54) is 6.07 Å². The minimum Gasteiger partial charge on any atom is -0.423 e. The van der Waals surface area contributed by atoms with Gasteiger partial charge in [-0.25, -0.2) is 4.39 Å². The monoisotopic (exact) mass is 222 g/mol. The molecule has 1 aromatic carbocycles. The number of amides is 1. The van der Waals surface area contributed by atoms with Crippen molar-refractivity contribution in [3.05, 3.63) is 24.0 Å². The van der Waals surface area contributed by atoms with Gasteiger partial charge >= 0.3 is 7.12 Å². The molecule has 82 valence electrons. The average molecular weight is 222 g/mol. The van der Waals surface area contributed by atoms with Crippen LogP contribution >= 0.6 is 0 Å². The summed E-state index contributed by atoms with van der Waals surface area (Å²) in [6, 6.07) is 4.80. The van der Waals surface area contributed by atoms with Crippen LogP contribution in [-0.2, 0) is 4.79 Å². The highest BCUT2D eigenvalue weighted by Gasteiger charge is 2.13. The Labute approximate surface area is 91.3 Å². The first kappa shape index (κ1) is 12.2. The fourth-order valence-electron chi connectivity index (χ4n) is 1.11. The minimum atomic E-state index is -1.82. The van der Waals surface area contributed by atoms with Gasteiger partial charge in [0, 0.05) is 5.69 Å². The Hall–Kier alpha value is -1.91. The van der Waals surface area contributed by atoms with Crippen LogP contribution in [0.2, 0.25) is 0 Å². The number of benzene rings is 1. The van der Waals surface area contributed by atoms with Gasteiger partial charge in [0.1, 0.15) is 12.2 Å². The van der Waals surface area contributed by atoms with Gasteiger partial charge in [-0.2, -0.15) is 5.26 Å². The number of carbonyl (C=O) groups is 1. The topological polar surface area (TPSA) is 93.4 Å². The Morgan fingerprint density at radius 2 is 2.19 bits per heavy atom. The molecule has 0 fully saturated rings. The van der Waals surface area contributed by atoms with E-state index >= 15 is 0 Å². The molecular formula is C9H8BFN2O3. The predicted octanol–water partition coefficient (Wildman–Crippen LogP) is -0.642. The van der Waals surface area contributed by atoms with Crippen molar-refractivity contribution in [3.63, 3.8) is 0 Å². The molecule has 0 unspecified atom stereocenters. The molecule has 0 heterocycles. The van der Waals surface area contributed by atoms with Crippen LogP contribution in [0.4, 0.5) is 10.1 Å². The summed E-state index contributed by atoms with van der Waals surface area (Å²) in [6.07, 6.45) is -0.354. The maximum absolute atomic E-state index is 13.0. The summed E-state index contributed by atoms with van der Waals surface area (Å²) in [4.78, 5) is 11.0. The maximum Gasteiger partial charge on any atom is 0.488 e. The first-order chi connectivity index (χ1) is 7.52. The number of halogens is 1. The van der Waals surface area contributed by atoms with Crippen LogP contribution in [0.3, 0.4) is 0 Å². The summed E-state index contributed by atoms with van der Waals surface area (Å²) < 4.78 is 13.0. The molecule has 3 N–H and O–H groups in total. The summed E-state index contributed by atoms with van der Waals surface area (Å²) >= 11 is 0. The highest BCUT2D eigenvalue weighted by Crippen LogP contribution is 2.08. The van der Waals surface area contributed by atoms with Gasteiger partial charge in [-0.15, -0.1) is 0 Å². The fraction of sp³-hybridized carbons (Fsp3) is 0.111. The van der Waals surface area contributed by atoms with Crippen molar-refractivity contribution in [2.75, 3.05) is 5.32 Å². The van der Waals surface area contributed by atoms with Gasteiger partial charge in [0.05, 0.1) is 6.07 Å². The van der Waals surface area contributed by atoms with Crippen molar-refractivity contribution in [3.8, 4) is 6.07 Å². The molecule has 7 heteroatoms. The molecule has 1 rings (SSSR count). The highest BCUT2D eigenvalue weighted by atomic mass is 19.1. The number of anilines is 1. The molecule has 5 nitrogen and oxygen atoms in total. The largest absolute Gasteiger partial charge is 0.488 e. The lowest BCUT2D eigenvalue weighted by atomic mass is 9.80. The lowest BCUT2D eigenvalue weighted by Crippen LogP contribution is -2.30. The van der Waals surface area contributed by atoms with E-state index in [9.17, 15) is 9.18 Å². The predicted molar refractivity (Wildman–Crippen MR) is 55.1 cm³/mol. The van der Waals surface area contributed by atoms with Gasteiger partial charge in [-0.3, -0.25) is 4.79 Å². The molecule has 1 amide bonds. The molecule has 0 aromatic heterocycles. The first-order valence-electron chi connectivity index (χ1n) is 4.36.